The Balaban J connectivity index is 1.55. The van der Waals surface area contributed by atoms with Crippen molar-refractivity contribution in [1.82, 2.24) is 9.80 Å². The summed E-state index contributed by atoms with van der Waals surface area (Å²) in [6.07, 6.45) is 0. The van der Waals surface area contributed by atoms with Crippen molar-refractivity contribution in [1.29, 1.82) is 0 Å². The van der Waals surface area contributed by atoms with Gasteiger partial charge in [-0.25, -0.2) is 13.6 Å². The predicted octanol–water partition coefficient (Wildman–Crippen LogP) is 3.26. The molecule has 0 spiro atoms. The van der Waals surface area contributed by atoms with Crippen LogP contribution in [0.15, 0.2) is 42.5 Å². The van der Waals surface area contributed by atoms with E-state index in [1.807, 2.05) is 0 Å². The predicted molar refractivity (Wildman–Crippen MR) is 94.0 cm³/mol. The Morgan fingerprint density at radius 1 is 0.923 bits per heavy atom. The van der Waals surface area contributed by atoms with Crippen molar-refractivity contribution < 1.29 is 18.4 Å². The fraction of sp³-hybridized carbons (Fsp3) is 0.263. The van der Waals surface area contributed by atoms with Crippen LogP contribution in [0.25, 0.3) is 0 Å². The molecule has 26 heavy (non-hydrogen) atoms. The third-order valence-electron chi connectivity index (χ3n) is 4.37. The minimum absolute atomic E-state index is 0.189. The summed E-state index contributed by atoms with van der Waals surface area (Å²) in [4.78, 5) is 27.9. The highest BCUT2D eigenvalue weighted by Gasteiger charge is 2.25. The number of carbonyl (C=O) groups is 2. The van der Waals surface area contributed by atoms with Gasteiger partial charge < -0.3 is 15.1 Å². The molecule has 0 radical (unpaired) electrons. The number of urea groups is 1. The van der Waals surface area contributed by atoms with Crippen LogP contribution in [0.2, 0.25) is 0 Å². The van der Waals surface area contributed by atoms with Crippen molar-refractivity contribution >= 4 is 17.6 Å². The summed E-state index contributed by atoms with van der Waals surface area (Å²) in [5.41, 5.74) is 1.32. The fourth-order valence-corrected chi connectivity index (χ4v) is 2.76. The molecule has 0 bridgehead atoms. The summed E-state index contributed by atoms with van der Waals surface area (Å²) in [6, 6.07) is 9.58. The summed E-state index contributed by atoms with van der Waals surface area (Å²) < 4.78 is 26.5. The Bertz CT molecular complexity index is 816. The third kappa shape index (κ3) is 3.99. The highest BCUT2D eigenvalue weighted by molar-refractivity contribution is 5.94. The number of hydrogen-bond donors (Lipinski definition) is 1. The molecule has 1 heterocycles. The minimum Gasteiger partial charge on any atom is -0.335 e. The summed E-state index contributed by atoms with van der Waals surface area (Å²) in [5, 5.41) is 2.66. The number of nitrogens with zero attached hydrogens (tertiary/aromatic N) is 2. The zero-order valence-electron chi connectivity index (χ0n) is 14.3. The largest absolute Gasteiger partial charge is 0.335 e. The molecule has 1 N–H and O–H groups in total. The Morgan fingerprint density at radius 3 is 2.15 bits per heavy atom. The van der Waals surface area contributed by atoms with Gasteiger partial charge in [0.05, 0.1) is 0 Å². The second kappa shape index (κ2) is 7.51. The molecule has 3 rings (SSSR count). The molecule has 7 heteroatoms. The first-order valence-electron chi connectivity index (χ1n) is 8.31. The molecule has 3 amide bonds. The number of nitrogens with one attached hydrogen (secondary N) is 1. The highest BCUT2D eigenvalue weighted by atomic mass is 19.1. The summed E-state index contributed by atoms with van der Waals surface area (Å²) in [7, 11) is 0. The monoisotopic (exact) mass is 359 g/mol. The van der Waals surface area contributed by atoms with Crippen molar-refractivity contribution in [2.45, 2.75) is 6.92 Å². The van der Waals surface area contributed by atoms with Gasteiger partial charge in [0.25, 0.3) is 5.91 Å². The van der Waals surface area contributed by atoms with Crippen molar-refractivity contribution in [3.05, 3.63) is 65.2 Å². The maximum absolute atomic E-state index is 13.6. The lowest BCUT2D eigenvalue weighted by Crippen LogP contribution is -2.51. The van der Waals surface area contributed by atoms with Crippen LogP contribution in [-0.2, 0) is 0 Å². The molecule has 0 aromatic heterocycles. The quantitative estimate of drug-likeness (QED) is 0.895. The van der Waals surface area contributed by atoms with Crippen LogP contribution < -0.4 is 5.32 Å². The molecule has 0 saturated carbocycles. The first-order chi connectivity index (χ1) is 12.4. The molecule has 1 saturated heterocycles. The Labute approximate surface area is 150 Å². The summed E-state index contributed by atoms with van der Waals surface area (Å²) in [6.45, 7) is 3.15. The number of hydrogen-bond acceptors (Lipinski definition) is 2. The van der Waals surface area contributed by atoms with Gasteiger partial charge in [0.2, 0.25) is 0 Å². The van der Waals surface area contributed by atoms with Crippen molar-refractivity contribution in [3.63, 3.8) is 0 Å². The van der Waals surface area contributed by atoms with E-state index in [0.717, 1.165) is 0 Å². The van der Waals surface area contributed by atoms with Crippen LogP contribution in [0, 0.1) is 18.6 Å². The lowest BCUT2D eigenvalue weighted by atomic mass is 10.2. The molecule has 136 valence electrons. The molecule has 0 aliphatic carbocycles. The number of amides is 3. The van der Waals surface area contributed by atoms with E-state index >= 15 is 0 Å². The Hall–Kier alpha value is -2.96. The van der Waals surface area contributed by atoms with Crippen LogP contribution in [0.5, 0.6) is 0 Å². The van der Waals surface area contributed by atoms with Crippen molar-refractivity contribution in [2.75, 3.05) is 31.5 Å². The second-order valence-electron chi connectivity index (χ2n) is 6.18. The number of carbonyl (C=O) groups excluding carboxylic acids is 2. The van der Waals surface area contributed by atoms with Gasteiger partial charge in [-0.05, 0) is 48.9 Å². The smallest absolute Gasteiger partial charge is 0.321 e. The van der Waals surface area contributed by atoms with Crippen LogP contribution in [0.4, 0.5) is 19.3 Å². The van der Waals surface area contributed by atoms with Gasteiger partial charge >= 0.3 is 6.03 Å². The normalized spacial score (nSPS) is 14.3. The molecular weight excluding hydrogens is 340 g/mol. The molecule has 1 aliphatic heterocycles. The first-order valence-corrected chi connectivity index (χ1v) is 8.31. The number of aryl methyl sites for hydroxylation is 1. The Morgan fingerprint density at radius 2 is 1.54 bits per heavy atom. The number of piperazine rings is 1. The molecule has 2 aromatic rings. The van der Waals surface area contributed by atoms with E-state index in [1.165, 1.54) is 30.3 Å². The number of benzene rings is 2. The maximum Gasteiger partial charge on any atom is 0.321 e. The molecule has 5 nitrogen and oxygen atoms in total. The lowest BCUT2D eigenvalue weighted by molar-refractivity contribution is 0.0671. The average Bonchev–Trinajstić information content (AvgIpc) is 2.65. The number of rotatable bonds is 2. The van der Waals surface area contributed by atoms with Gasteiger partial charge in [-0.2, -0.15) is 0 Å². The standard InChI is InChI=1S/C19H19F2N3O2/c1-13-2-7-16(12-17(13)21)22-19(26)24-10-8-23(9-11-24)18(25)14-3-5-15(20)6-4-14/h2-7,12H,8-11H2,1H3,(H,22,26). The van der Waals surface area contributed by atoms with E-state index in [4.69, 9.17) is 0 Å². The molecule has 1 aliphatic rings. The zero-order chi connectivity index (χ0) is 18.7. The molecule has 1 fully saturated rings. The van der Waals surface area contributed by atoms with E-state index in [2.05, 4.69) is 5.32 Å². The van der Waals surface area contributed by atoms with Gasteiger partial charge in [-0.1, -0.05) is 6.07 Å². The molecule has 0 unspecified atom stereocenters. The number of halogens is 2. The average molecular weight is 359 g/mol. The summed E-state index contributed by atoms with van der Waals surface area (Å²) >= 11 is 0. The van der Waals surface area contributed by atoms with Gasteiger partial charge in [0.15, 0.2) is 0 Å². The van der Waals surface area contributed by atoms with Crippen LogP contribution in [-0.4, -0.2) is 47.9 Å². The van der Waals surface area contributed by atoms with Gasteiger partial charge in [0.1, 0.15) is 11.6 Å². The first kappa shape index (κ1) is 17.8. The highest BCUT2D eigenvalue weighted by Crippen LogP contribution is 2.15. The topological polar surface area (TPSA) is 52.7 Å². The maximum atomic E-state index is 13.6. The van der Waals surface area contributed by atoms with Crippen LogP contribution >= 0.6 is 0 Å². The SMILES string of the molecule is Cc1ccc(NC(=O)N2CCN(C(=O)c3ccc(F)cc3)CC2)cc1F. The van der Waals surface area contributed by atoms with Gasteiger partial charge in [-0.3, -0.25) is 4.79 Å². The van der Waals surface area contributed by atoms with Crippen molar-refractivity contribution in [2.24, 2.45) is 0 Å². The fourth-order valence-electron chi connectivity index (χ4n) is 2.76. The zero-order valence-corrected chi connectivity index (χ0v) is 14.3. The van der Waals surface area contributed by atoms with Crippen LogP contribution in [0.3, 0.4) is 0 Å². The van der Waals surface area contributed by atoms with E-state index < -0.39 is 5.82 Å². The minimum atomic E-state index is -0.393. The second-order valence-corrected chi connectivity index (χ2v) is 6.18. The van der Waals surface area contributed by atoms with E-state index in [0.29, 0.717) is 43.0 Å². The van der Waals surface area contributed by atoms with E-state index in [1.54, 1.807) is 28.9 Å². The van der Waals surface area contributed by atoms with Crippen LogP contribution in [0.1, 0.15) is 15.9 Å². The summed E-state index contributed by atoms with van der Waals surface area (Å²) in [5.74, 6) is -0.959. The lowest BCUT2D eigenvalue weighted by Gasteiger charge is -2.34. The molecule has 2 aromatic carbocycles. The van der Waals surface area contributed by atoms with E-state index in [9.17, 15) is 18.4 Å². The van der Waals surface area contributed by atoms with Gasteiger partial charge in [0, 0.05) is 37.4 Å². The molecule has 0 atom stereocenters. The number of anilines is 1. The Kier molecular flexibility index (Phi) is 5.16. The van der Waals surface area contributed by atoms with Gasteiger partial charge in [-0.15, -0.1) is 0 Å². The molecular formula is C19H19F2N3O2. The third-order valence-corrected chi connectivity index (χ3v) is 4.37. The van der Waals surface area contributed by atoms with E-state index in [-0.39, 0.29) is 17.8 Å². The van der Waals surface area contributed by atoms with Crippen molar-refractivity contribution in [3.8, 4) is 0 Å².